The third-order valence-electron chi connectivity index (χ3n) is 3.81. The highest BCUT2D eigenvalue weighted by atomic mass is 32.2. The molecular weight excluding hydrogens is 372 g/mol. The van der Waals surface area contributed by atoms with Gasteiger partial charge in [0, 0.05) is 0 Å². The van der Waals surface area contributed by atoms with Gasteiger partial charge >= 0.3 is 16.3 Å². The van der Waals surface area contributed by atoms with Crippen LogP contribution < -0.4 is 10.0 Å². The number of benzene rings is 2. The molecule has 10 nitrogen and oxygen atoms in total. The molecular formula is C16H14N6O4S. The average Bonchev–Trinajstić information content (AvgIpc) is 3.24. The van der Waals surface area contributed by atoms with Crippen LogP contribution >= 0.6 is 0 Å². The number of hydrogen-bond donors (Lipinski definition) is 3. The fourth-order valence-corrected chi connectivity index (χ4v) is 3.71. The number of carbonyl (C=O) groups excluding carboxylic acids is 1. The van der Waals surface area contributed by atoms with Crippen molar-refractivity contribution in [2.45, 2.75) is 0 Å². The lowest BCUT2D eigenvalue weighted by atomic mass is 10.3. The number of imidazole rings is 2. The zero-order valence-corrected chi connectivity index (χ0v) is 14.8. The van der Waals surface area contributed by atoms with Gasteiger partial charge in [0.1, 0.15) is 6.33 Å². The molecule has 2 aromatic carbocycles. The van der Waals surface area contributed by atoms with Gasteiger partial charge < -0.3 is 9.72 Å². The van der Waals surface area contributed by atoms with Gasteiger partial charge in [0.05, 0.1) is 34.9 Å². The minimum absolute atomic E-state index is 0.192. The summed E-state index contributed by atoms with van der Waals surface area (Å²) in [6.07, 6.45) is 0.585. The van der Waals surface area contributed by atoms with Gasteiger partial charge in [0.25, 0.3) is 0 Å². The standard InChI is InChI=1S/C16H14N6O4S/c1-26-16(23)20-15-18-11-7-6-10(8-13(11)19-15)21-27(24,25)22-9-17-12-4-2-3-5-14(12)22/h2-9,21H,1H3,(H2,18,19,20,23). The number of aromatic nitrogens is 4. The summed E-state index contributed by atoms with van der Waals surface area (Å²) in [5.74, 6) is 0.192. The Morgan fingerprint density at radius 2 is 2.00 bits per heavy atom. The quantitative estimate of drug-likeness (QED) is 0.493. The van der Waals surface area contributed by atoms with Crippen LogP contribution in [0, 0.1) is 0 Å². The SMILES string of the molecule is COC(=O)Nc1nc2ccc(NS(=O)(=O)n3cnc4ccccc43)cc2[nH]1. The minimum Gasteiger partial charge on any atom is -0.453 e. The van der Waals surface area contributed by atoms with Crippen molar-refractivity contribution in [1.29, 1.82) is 0 Å². The molecule has 0 spiro atoms. The van der Waals surface area contributed by atoms with Crippen molar-refractivity contribution in [3.05, 3.63) is 48.8 Å². The first kappa shape index (κ1) is 16.8. The van der Waals surface area contributed by atoms with E-state index in [4.69, 9.17) is 0 Å². The summed E-state index contributed by atoms with van der Waals surface area (Å²) in [4.78, 5) is 22.4. The highest BCUT2D eigenvalue weighted by Crippen LogP contribution is 2.21. The summed E-state index contributed by atoms with van der Waals surface area (Å²) in [5.41, 5.74) is 2.46. The van der Waals surface area contributed by atoms with Gasteiger partial charge in [-0.25, -0.2) is 18.7 Å². The Morgan fingerprint density at radius 3 is 2.81 bits per heavy atom. The van der Waals surface area contributed by atoms with Crippen LogP contribution in [-0.4, -0.2) is 40.5 Å². The molecule has 3 N–H and O–H groups in total. The lowest BCUT2D eigenvalue weighted by Crippen LogP contribution is -2.20. The number of nitrogens with zero attached hydrogens (tertiary/aromatic N) is 3. The molecule has 0 saturated heterocycles. The molecule has 1 amide bonds. The van der Waals surface area contributed by atoms with E-state index >= 15 is 0 Å². The van der Waals surface area contributed by atoms with Gasteiger partial charge in [-0.15, -0.1) is 0 Å². The maximum atomic E-state index is 12.7. The monoisotopic (exact) mass is 386 g/mol. The van der Waals surface area contributed by atoms with Crippen LogP contribution in [0.5, 0.6) is 0 Å². The second-order valence-corrected chi connectivity index (χ2v) is 7.12. The van der Waals surface area contributed by atoms with Crippen LogP contribution in [0.3, 0.4) is 0 Å². The van der Waals surface area contributed by atoms with Gasteiger partial charge in [0.2, 0.25) is 5.95 Å². The van der Waals surface area contributed by atoms with Gasteiger partial charge in [-0.3, -0.25) is 10.0 Å². The number of fused-ring (bicyclic) bond motifs is 2. The van der Waals surface area contributed by atoms with Crippen molar-refractivity contribution in [3.8, 4) is 0 Å². The Balaban J connectivity index is 1.65. The zero-order chi connectivity index (χ0) is 19.0. The summed E-state index contributed by atoms with van der Waals surface area (Å²) < 4.78 is 33.5. The highest BCUT2D eigenvalue weighted by molar-refractivity contribution is 7.91. The molecule has 2 heterocycles. The molecule has 2 aromatic heterocycles. The van der Waals surface area contributed by atoms with Crippen LogP contribution in [0.4, 0.5) is 16.4 Å². The van der Waals surface area contributed by atoms with Crippen molar-refractivity contribution in [1.82, 2.24) is 18.9 Å². The summed E-state index contributed by atoms with van der Waals surface area (Å²) in [7, 11) is -2.66. The minimum atomic E-state index is -3.90. The molecule has 27 heavy (non-hydrogen) atoms. The van der Waals surface area contributed by atoms with Gasteiger partial charge in [-0.1, -0.05) is 12.1 Å². The van der Waals surface area contributed by atoms with Crippen molar-refractivity contribution < 1.29 is 17.9 Å². The topological polar surface area (TPSA) is 131 Å². The van der Waals surface area contributed by atoms with E-state index in [1.807, 2.05) is 0 Å². The van der Waals surface area contributed by atoms with Crippen LogP contribution in [0.25, 0.3) is 22.1 Å². The van der Waals surface area contributed by atoms with Crippen molar-refractivity contribution in [2.24, 2.45) is 0 Å². The maximum absolute atomic E-state index is 12.7. The normalized spacial score (nSPS) is 11.6. The Labute approximate surface area is 153 Å². The average molecular weight is 386 g/mol. The maximum Gasteiger partial charge on any atom is 0.413 e. The Kier molecular flexibility index (Phi) is 3.92. The first-order valence-electron chi connectivity index (χ1n) is 7.76. The van der Waals surface area contributed by atoms with Gasteiger partial charge in [-0.05, 0) is 30.3 Å². The van der Waals surface area contributed by atoms with Crippen LogP contribution in [0.2, 0.25) is 0 Å². The molecule has 0 fully saturated rings. The Hall–Kier alpha value is -3.60. The number of H-pyrrole nitrogens is 1. The van der Waals surface area contributed by atoms with Crippen molar-refractivity contribution >= 4 is 50.0 Å². The predicted octanol–water partition coefficient (Wildman–Crippen LogP) is 2.30. The Morgan fingerprint density at radius 1 is 1.19 bits per heavy atom. The summed E-state index contributed by atoms with van der Waals surface area (Å²) in [6.45, 7) is 0. The van der Waals surface area contributed by atoms with Gasteiger partial charge in [-0.2, -0.15) is 8.42 Å². The second kappa shape index (κ2) is 6.29. The van der Waals surface area contributed by atoms with E-state index < -0.39 is 16.3 Å². The van der Waals surface area contributed by atoms with Crippen molar-refractivity contribution in [3.63, 3.8) is 0 Å². The molecule has 0 bridgehead atoms. The molecule has 4 rings (SSSR count). The van der Waals surface area contributed by atoms with E-state index in [-0.39, 0.29) is 5.95 Å². The molecule has 4 aromatic rings. The van der Waals surface area contributed by atoms with Crippen LogP contribution in [0.15, 0.2) is 48.8 Å². The molecule has 11 heteroatoms. The largest absolute Gasteiger partial charge is 0.453 e. The summed E-state index contributed by atoms with van der Waals surface area (Å²) in [6, 6.07) is 11.7. The zero-order valence-electron chi connectivity index (χ0n) is 14.0. The fourth-order valence-electron chi connectivity index (χ4n) is 2.61. The third-order valence-corrected chi connectivity index (χ3v) is 5.12. The number of carbonyl (C=O) groups is 1. The number of amides is 1. The number of nitrogens with one attached hydrogen (secondary N) is 3. The number of rotatable bonds is 4. The number of aromatic amines is 1. The number of anilines is 2. The van der Waals surface area contributed by atoms with E-state index in [0.29, 0.717) is 27.8 Å². The molecule has 0 unspecified atom stereocenters. The second-order valence-electron chi connectivity index (χ2n) is 5.57. The smallest absolute Gasteiger partial charge is 0.413 e. The number of para-hydroxylation sites is 2. The molecule has 0 aliphatic heterocycles. The van der Waals surface area contributed by atoms with E-state index in [2.05, 4.69) is 29.7 Å². The predicted molar refractivity (Wildman–Crippen MR) is 99.8 cm³/mol. The lowest BCUT2D eigenvalue weighted by molar-refractivity contribution is 0.186. The van der Waals surface area contributed by atoms with E-state index in [1.165, 1.54) is 13.4 Å². The van der Waals surface area contributed by atoms with Crippen LogP contribution in [0.1, 0.15) is 0 Å². The van der Waals surface area contributed by atoms with E-state index in [1.54, 1.807) is 42.5 Å². The highest BCUT2D eigenvalue weighted by Gasteiger charge is 2.17. The van der Waals surface area contributed by atoms with Gasteiger partial charge in [0.15, 0.2) is 0 Å². The molecule has 0 saturated carbocycles. The molecule has 0 aliphatic rings. The van der Waals surface area contributed by atoms with Crippen LogP contribution in [-0.2, 0) is 14.9 Å². The number of ether oxygens (including phenoxy) is 1. The summed E-state index contributed by atoms with van der Waals surface area (Å²) >= 11 is 0. The first-order chi connectivity index (χ1) is 13.0. The molecule has 138 valence electrons. The third kappa shape index (κ3) is 3.15. The number of methoxy groups -OCH3 is 1. The van der Waals surface area contributed by atoms with E-state index in [0.717, 1.165) is 3.97 Å². The molecule has 0 atom stereocenters. The summed E-state index contributed by atoms with van der Waals surface area (Å²) in [5, 5.41) is 2.41. The number of hydrogen-bond acceptors (Lipinski definition) is 6. The molecule has 0 aliphatic carbocycles. The Bertz CT molecular complexity index is 1260. The lowest BCUT2D eigenvalue weighted by Gasteiger charge is -2.09. The van der Waals surface area contributed by atoms with Crippen molar-refractivity contribution in [2.75, 3.05) is 17.1 Å². The molecule has 0 radical (unpaired) electrons. The first-order valence-corrected chi connectivity index (χ1v) is 9.20. The van der Waals surface area contributed by atoms with E-state index in [9.17, 15) is 13.2 Å². The fraction of sp³-hybridized carbons (Fsp3) is 0.0625.